The summed E-state index contributed by atoms with van der Waals surface area (Å²) in [7, 11) is 1.80. The van der Waals surface area contributed by atoms with Crippen molar-refractivity contribution in [1.29, 1.82) is 0 Å². The minimum absolute atomic E-state index is 0.0223. The molecule has 1 unspecified atom stereocenters. The largest absolute Gasteiger partial charge is 0.392 e. The van der Waals surface area contributed by atoms with Crippen LogP contribution in [0.15, 0.2) is 6.20 Å². The normalized spacial score (nSPS) is 19.6. The van der Waals surface area contributed by atoms with E-state index >= 15 is 0 Å². The van der Waals surface area contributed by atoms with E-state index in [1.54, 1.807) is 22.8 Å². The molecule has 0 radical (unpaired) electrons. The van der Waals surface area contributed by atoms with Gasteiger partial charge in [-0.2, -0.15) is 5.10 Å². The molecule has 0 spiro atoms. The Kier molecular flexibility index (Phi) is 3.15. The third-order valence-electron chi connectivity index (χ3n) is 3.09. The molecule has 1 aromatic rings. The quantitative estimate of drug-likeness (QED) is 0.784. The predicted octanol–water partition coefficient (Wildman–Crippen LogP) is 0.619. The van der Waals surface area contributed by atoms with Crippen LogP contribution < -0.4 is 5.73 Å². The van der Waals surface area contributed by atoms with Crippen molar-refractivity contribution in [3.05, 3.63) is 17.5 Å². The number of hydrogen-bond donors (Lipinski definition) is 1. The SMILES string of the molecule is Cc1nn(C)cc1C(=O)N1CCCC1C(N)=S. The maximum Gasteiger partial charge on any atom is 0.257 e. The third kappa shape index (κ3) is 2.17. The van der Waals surface area contributed by atoms with Crippen LogP contribution in [-0.4, -0.2) is 38.2 Å². The fourth-order valence-electron chi connectivity index (χ4n) is 2.27. The zero-order valence-electron chi connectivity index (χ0n) is 10.0. The van der Waals surface area contributed by atoms with Gasteiger partial charge < -0.3 is 10.6 Å². The molecular formula is C11H16N4OS. The molecule has 6 heteroatoms. The molecular weight excluding hydrogens is 236 g/mol. The predicted molar refractivity (Wildman–Crippen MR) is 68.8 cm³/mol. The Labute approximate surface area is 106 Å². The molecule has 0 bridgehead atoms. The fraction of sp³-hybridized carbons (Fsp3) is 0.545. The monoisotopic (exact) mass is 252 g/mol. The molecule has 2 rings (SSSR count). The van der Waals surface area contributed by atoms with Gasteiger partial charge in [0.15, 0.2) is 0 Å². The van der Waals surface area contributed by atoms with Crippen LogP contribution in [0.25, 0.3) is 0 Å². The molecule has 0 aliphatic carbocycles. The van der Waals surface area contributed by atoms with Crippen molar-refractivity contribution < 1.29 is 4.79 Å². The number of hydrogen-bond acceptors (Lipinski definition) is 3. The van der Waals surface area contributed by atoms with E-state index in [-0.39, 0.29) is 11.9 Å². The highest BCUT2D eigenvalue weighted by molar-refractivity contribution is 7.80. The second kappa shape index (κ2) is 4.44. The highest BCUT2D eigenvalue weighted by Crippen LogP contribution is 2.21. The van der Waals surface area contributed by atoms with Crippen LogP contribution in [0.1, 0.15) is 28.9 Å². The van der Waals surface area contributed by atoms with Gasteiger partial charge in [-0.15, -0.1) is 0 Å². The first-order chi connectivity index (χ1) is 8.00. The van der Waals surface area contributed by atoms with Crippen LogP contribution in [0.2, 0.25) is 0 Å². The van der Waals surface area contributed by atoms with Crippen molar-refractivity contribution in [3.63, 3.8) is 0 Å². The number of nitrogens with zero attached hydrogens (tertiary/aromatic N) is 3. The topological polar surface area (TPSA) is 64.2 Å². The summed E-state index contributed by atoms with van der Waals surface area (Å²) in [5.41, 5.74) is 7.04. The number of aromatic nitrogens is 2. The van der Waals surface area contributed by atoms with Crippen LogP contribution in [0.3, 0.4) is 0 Å². The summed E-state index contributed by atoms with van der Waals surface area (Å²) in [5, 5.41) is 4.18. The number of likely N-dealkylation sites (tertiary alicyclic amines) is 1. The van der Waals surface area contributed by atoms with Gasteiger partial charge in [-0.25, -0.2) is 0 Å². The second-order valence-corrected chi connectivity index (χ2v) is 4.83. The van der Waals surface area contributed by atoms with Crippen molar-refractivity contribution in [2.24, 2.45) is 12.8 Å². The summed E-state index contributed by atoms with van der Waals surface area (Å²) in [4.78, 5) is 14.5. The smallest absolute Gasteiger partial charge is 0.257 e. The minimum atomic E-state index is -0.0999. The summed E-state index contributed by atoms with van der Waals surface area (Å²) < 4.78 is 1.65. The molecule has 1 aliphatic heterocycles. The average molecular weight is 252 g/mol. The van der Waals surface area contributed by atoms with E-state index < -0.39 is 0 Å². The molecule has 17 heavy (non-hydrogen) atoms. The average Bonchev–Trinajstić information content (AvgIpc) is 2.83. The van der Waals surface area contributed by atoms with Gasteiger partial charge in [0.1, 0.15) is 0 Å². The summed E-state index contributed by atoms with van der Waals surface area (Å²) in [6.45, 7) is 2.55. The number of thiocarbonyl (C=S) groups is 1. The van der Waals surface area contributed by atoms with Gasteiger partial charge in [0, 0.05) is 19.8 Å². The van der Waals surface area contributed by atoms with Gasteiger partial charge >= 0.3 is 0 Å². The lowest BCUT2D eigenvalue weighted by atomic mass is 10.2. The van der Waals surface area contributed by atoms with Gasteiger partial charge in [-0.1, -0.05) is 12.2 Å². The molecule has 1 aliphatic rings. The third-order valence-corrected chi connectivity index (χ3v) is 3.36. The summed E-state index contributed by atoms with van der Waals surface area (Å²) in [5.74, 6) is -0.0223. The molecule has 2 heterocycles. The summed E-state index contributed by atoms with van der Waals surface area (Å²) in [6, 6.07) is -0.0999. The Hall–Kier alpha value is -1.43. The van der Waals surface area contributed by atoms with Crippen molar-refractivity contribution in [3.8, 4) is 0 Å². The van der Waals surface area contributed by atoms with Crippen LogP contribution in [0.4, 0.5) is 0 Å². The van der Waals surface area contributed by atoms with Gasteiger partial charge in [-0.3, -0.25) is 9.48 Å². The Bertz CT molecular complexity index is 468. The number of amides is 1. The van der Waals surface area contributed by atoms with E-state index in [1.165, 1.54) is 0 Å². The van der Waals surface area contributed by atoms with Crippen LogP contribution >= 0.6 is 12.2 Å². The van der Waals surface area contributed by atoms with E-state index in [0.29, 0.717) is 10.6 Å². The van der Waals surface area contributed by atoms with Gasteiger partial charge in [-0.05, 0) is 19.8 Å². The molecule has 5 nitrogen and oxygen atoms in total. The molecule has 1 saturated heterocycles. The van der Waals surface area contributed by atoms with E-state index in [2.05, 4.69) is 5.10 Å². The zero-order valence-corrected chi connectivity index (χ0v) is 10.8. The van der Waals surface area contributed by atoms with Gasteiger partial charge in [0.2, 0.25) is 0 Å². The fourth-order valence-corrected chi connectivity index (χ4v) is 2.51. The Morgan fingerprint density at radius 1 is 1.65 bits per heavy atom. The molecule has 0 aromatic carbocycles. The molecule has 0 saturated carbocycles. The first-order valence-corrected chi connectivity index (χ1v) is 6.02. The number of carbonyl (C=O) groups is 1. The Morgan fingerprint density at radius 3 is 2.88 bits per heavy atom. The number of rotatable bonds is 2. The van der Waals surface area contributed by atoms with Crippen molar-refractivity contribution in [2.45, 2.75) is 25.8 Å². The van der Waals surface area contributed by atoms with E-state index in [9.17, 15) is 4.79 Å². The summed E-state index contributed by atoms with van der Waals surface area (Å²) in [6.07, 6.45) is 3.56. The lowest BCUT2D eigenvalue weighted by Crippen LogP contribution is -2.42. The van der Waals surface area contributed by atoms with E-state index in [0.717, 1.165) is 25.1 Å². The first-order valence-electron chi connectivity index (χ1n) is 5.61. The van der Waals surface area contributed by atoms with Crippen LogP contribution in [0, 0.1) is 6.92 Å². The zero-order chi connectivity index (χ0) is 12.6. The second-order valence-electron chi connectivity index (χ2n) is 4.36. The molecule has 1 amide bonds. The lowest BCUT2D eigenvalue weighted by molar-refractivity contribution is 0.0769. The maximum absolute atomic E-state index is 12.4. The van der Waals surface area contributed by atoms with Crippen molar-refractivity contribution >= 4 is 23.1 Å². The molecule has 92 valence electrons. The van der Waals surface area contributed by atoms with Gasteiger partial charge in [0.25, 0.3) is 5.91 Å². The Balaban J connectivity index is 2.25. The van der Waals surface area contributed by atoms with Crippen molar-refractivity contribution in [2.75, 3.05) is 6.54 Å². The maximum atomic E-state index is 12.4. The van der Waals surface area contributed by atoms with Gasteiger partial charge in [0.05, 0.1) is 22.3 Å². The van der Waals surface area contributed by atoms with Crippen LogP contribution in [-0.2, 0) is 7.05 Å². The highest BCUT2D eigenvalue weighted by atomic mass is 32.1. The molecule has 1 atom stereocenters. The standard InChI is InChI=1S/C11H16N4OS/c1-7-8(6-14(2)13-7)11(16)15-5-3-4-9(15)10(12)17/h6,9H,3-5H2,1-2H3,(H2,12,17). The first kappa shape index (κ1) is 12.0. The number of carbonyl (C=O) groups excluding carboxylic acids is 1. The molecule has 1 fully saturated rings. The lowest BCUT2D eigenvalue weighted by Gasteiger charge is -2.23. The highest BCUT2D eigenvalue weighted by Gasteiger charge is 2.32. The molecule has 2 N–H and O–H groups in total. The van der Waals surface area contributed by atoms with E-state index in [1.807, 2.05) is 6.92 Å². The van der Waals surface area contributed by atoms with Crippen LogP contribution in [0.5, 0.6) is 0 Å². The summed E-state index contributed by atoms with van der Waals surface area (Å²) >= 11 is 5.00. The molecule has 1 aromatic heterocycles. The number of nitrogens with two attached hydrogens (primary N) is 1. The van der Waals surface area contributed by atoms with Crippen molar-refractivity contribution in [1.82, 2.24) is 14.7 Å². The minimum Gasteiger partial charge on any atom is -0.392 e. The van der Waals surface area contributed by atoms with E-state index in [4.69, 9.17) is 18.0 Å². The Morgan fingerprint density at radius 2 is 2.35 bits per heavy atom. The number of aryl methyl sites for hydroxylation is 2.